The predicted molar refractivity (Wildman–Crippen MR) is 49.3 cm³/mol. The Morgan fingerprint density at radius 2 is 2.07 bits per heavy atom. The first-order valence-corrected chi connectivity index (χ1v) is 4.47. The summed E-state index contributed by atoms with van der Waals surface area (Å²) in [6.45, 7) is 2.62. The van der Waals surface area contributed by atoms with Gasteiger partial charge in [-0.1, -0.05) is 6.07 Å². The highest BCUT2D eigenvalue weighted by atomic mass is 19.1. The van der Waals surface area contributed by atoms with Gasteiger partial charge in [-0.05, 0) is 18.6 Å². The number of nitrogens with one attached hydrogen (secondary N) is 1. The van der Waals surface area contributed by atoms with Gasteiger partial charge in [0.15, 0.2) is 5.82 Å². The Balaban J connectivity index is 2.25. The van der Waals surface area contributed by atoms with Crippen molar-refractivity contribution in [1.82, 2.24) is 0 Å². The Labute approximate surface area is 80.9 Å². The second-order valence-corrected chi connectivity index (χ2v) is 3.43. The molecule has 1 aliphatic rings. The molecule has 1 fully saturated rings. The second-order valence-electron chi connectivity index (χ2n) is 3.43. The van der Waals surface area contributed by atoms with Crippen LogP contribution in [-0.4, -0.2) is 19.3 Å². The first kappa shape index (κ1) is 9.40. The third kappa shape index (κ3) is 1.57. The molecule has 2 rings (SSSR count). The normalized spacial score (nSPS) is 16.5. The van der Waals surface area contributed by atoms with Gasteiger partial charge in [-0.2, -0.15) is 0 Å². The Bertz CT molecular complexity index is 350. The molecule has 4 heteroatoms. The van der Waals surface area contributed by atoms with Crippen LogP contribution in [0, 0.1) is 18.6 Å². The van der Waals surface area contributed by atoms with Crippen LogP contribution < -0.4 is 5.32 Å². The van der Waals surface area contributed by atoms with E-state index in [1.54, 1.807) is 6.92 Å². The van der Waals surface area contributed by atoms with E-state index in [1.807, 2.05) is 0 Å². The molecule has 0 atom stereocenters. The van der Waals surface area contributed by atoms with Gasteiger partial charge in [0.2, 0.25) is 0 Å². The van der Waals surface area contributed by atoms with Crippen molar-refractivity contribution in [2.75, 3.05) is 18.5 Å². The summed E-state index contributed by atoms with van der Waals surface area (Å²) >= 11 is 0. The molecule has 0 amide bonds. The van der Waals surface area contributed by atoms with Gasteiger partial charge in [-0.25, -0.2) is 8.78 Å². The topological polar surface area (TPSA) is 21.3 Å². The maximum Gasteiger partial charge on any atom is 0.152 e. The Morgan fingerprint density at radius 1 is 1.36 bits per heavy atom. The van der Waals surface area contributed by atoms with Gasteiger partial charge in [0.1, 0.15) is 11.5 Å². The van der Waals surface area contributed by atoms with Gasteiger partial charge in [0.05, 0.1) is 19.3 Å². The van der Waals surface area contributed by atoms with Gasteiger partial charge < -0.3 is 10.1 Å². The molecule has 1 heterocycles. The fraction of sp³-hybridized carbons (Fsp3) is 0.400. The van der Waals surface area contributed by atoms with E-state index in [0.29, 0.717) is 18.8 Å². The summed E-state index contributed by atoms with van der Waals surface area (Å²) in [7, 11) is 0. The van der Waals surface area contributed by atoms with Crippen LogP contribution >= 0.6 is 0 Å². The van der Waals surface area contributed by atoms with E-state index in [0.717, 1.165) is 0 Å². The molecule has 0 spiro atoms. The summed E-state index contributed by atoms with van der Waals surface area (Å²) in [4.78, 5) is 0. The molecule has 0 saturated carbocycles. The molecule has 0 aliphatic carbocycles. The molecule has 0 unspecified atom stereocenters. The minimum absolute atomic E-state index is 0.0285. The molecule has 0 aromatic heterocycles. The van der Waals surface area contributed by atoms with Crippen molar-refractivity contribution in [3.05, 3.63) is 29.3 Å². The SMILES string of the molecule is Cc1ccc(F)c(NC2COC2)c1F. The maximum absolute atomic E-state index is 13.4. The van der Waals surface area contributed by atoms with E-state index < -0.39 is 11.6 Å². The fourth-order valence-corrected chi connectivity index (χ4v) is 1.31. The molecular weight excluding hydrogens is 188 g/mol. The zero-order valence-corrected chi connectivity index (χ0v) is 7.81. The highest BCUT2D eigenvalue weighted by Gasteiger charge is 2.21. The van der Waals surface area contributed by atoms with E-state index in [4.69, 9.17) is 4.74 Å². The third-order valence-electron chi connectivity index (χ3n) is 2.27. The number of ether oxygens (including phenoxy) is 1. The molecule has 14 heavy (non-hydrogen) atoms. The van der Waals surface area contributed by atoms with Crippen LogP contribution in [0.15, 0.2) is 12.1 Å². The maximum atomic E-state index is 13.4. The van der Waals surface area contributed by atoms with Gasteiger partial charge in [-0.15, -0.1) is 0 Å². The second kappa shape index (κ2) is 3.53. The van der Waals surface area contributed by atoms with E-state index in [9.17, 15) is 8.78 Å². The average molecular weight is 199 g/mol. The van der Waals surface area contributed by atoms with Crippen LogP contribution in [0.2, 0.25) is 0 Å². The quantitative estimate of drug-likeness (QED) is 0.787. The highest BCUT2D eigenvalue weighted by molar-refractivity contribution is 5.49. The molecule has 1 saturated heterocycles. The van der Waals surface area contributed by atoms with Gasteiger partial charge >= 0.3 is 0 Å². The molecule has 2 nitrogen and oxygen atoms in total. The highest BCUT2D eigenvalue weighted by Crippen LogP contribution is 2.23. The third-order valence-corrected chi connectivity index (χ3v) is 2.27. The standard InChI is InChI=1S/C10H11F2NO/c1-6-2-3-8(11)10(9(6)12)13-7-4-14-5-7/h2-3,7,13H,4-5H2,1H3. The lowest BCUT2D eigenvalue weighted by atomic mass is 10.1. The molecule has 0 bridgehead atoms. The number of hydrogen-bond donors (Lipinski definition) is 1. The zero-order chi connectivity index (χ0) is 10.1. The summed E-state index contributed by atoms with van der Waals surface area (Å²) in [5.74, 6) is -1.07. The number of halogens is 2. The van der Waals surface area contributed by atoms with Crippen LogP contribution in [-0.2, 0) is 4.74 Å². The number of benzene rings is 1. The Morgan fingerprint density at radius 3 is 2.64 bits per heavy atom. The Hall–Kier alpha value is -1.16. The van der Waals surface area contributed by atoms with Crippen molar-refractivity contribution in [3.8, 4) is 0 Å². The van der Waals surface area contributed by atoms with Crippen molar-refractivity contribution < 1.29 is 13.5 Å². The molecule has 1 aliphatic heterocycles. The van der Waals surface area contributed by atoms with Crippen molar-refractivity contribution in [2.45, 2.75) is 13.0 Å². The van der Waals surface area contributed by atoms with Crippen molar-refractivity contribution >= 4 is 5.69 Å². The fourth-order valence-electron chi connectivity index (χ4n) is 1.31. The summed E-state index contributed by atoms with van der Waals surface area (Å²) in [6.07, 6.45) is 0. The monoisotopic (exact) mass is 199 g/mol. The van der Waals surface area contributed by atoms with E-state index in [1.165, 1.54) is 12.1 Å². The zero-order valence-electron chi connectivity index (χ0n) is 7.81. The summed E-state index contributed by atoms with van der Waals surface area (Å²) in [5.41, 5.74) is 0.396. The molecule has 1 aromatic carbocycles. The average Bonchev–Trinajstić information content (AvgIpc) is 2.09. The van der Waals surface area contributed by atoms with E-state index in [2.05, 4.69) is 5.32 Å². The molecule has 76 valence electrons. The first-order valence-electron chi connectivity index (χ1n) is 4.47. The molecule has 0 radical (unpaired) electrons. The lowest BCUT2D eigenvalue weighted by Crippen LogP contribution is -2.40. The van der Waals surface area contributed by atoms with Gasteiger partial charge in [0.25, 0.3) is 0 Å². The van der Waals surface area contributed by atoms with Gasteiger partial charge in [-0.3, -0.25) is 0 Å². The van der Waals surface area contributed by atoms with Crippen LogP contribution in [0.3, 0.4) is 0 Å². The number of hydrogen-bond acceptors (Lipinski definition) is 2. The summed E-state index contributed by atoms with van der Waals surface area (Å²) < 4.78 is 31.6. The van der Waals surface area contributed by atoms with Crippen LogP contribution in [0.1, 0.15) is 5.56 Å². The van der Waals surface area contributed by atoms with E-state index >= 15 is 0 Å². The van der Waals surface area contributed by atoms with Crippen molar-refractivity contribution in [2.24, 2.45) is 0 Å². The molecule has 1 aromatic rings. The number of anilines is 1. The van der Waals surface area contributed by atoms with Crippen LogP contribution in [0.25, 0.3) is 0 Å². The number of aryl methyl sites for hydroxylation is 1. The summed E-state index contributed by atoms with van der Waals surface area (Å²) in [5, 5.41) is 2.78. The first-order chi connectivity index (χ1) is 6.68. The van der Waals surface area contributed by atoms with Gasteiger partial charge in [0, 0.05) is 0 Å². The Kier molecular flexibility index (Phi) is 2.37. The molecular formula is C10H11F2NO. The smallest absolute Gasteiger partial charge is 0.152 e. The van der Waals surface area contributed by atoms with Crippen LogP contribution in [0.4, 0.5) is 14.5 Å². The largest absolute Gasteiger partial charge is 0.377 e. The lowest BCUT2D eigenvalue weighted by Gasteiger charge is -2.28. The minimum atomic E-state index is -0.556. The number of rotatable bonds is 2. The van der Waals surface area contributed by atoms with Crippen LogP contribution in [0.5, 0.6) is 0 Å². The summed E-state index contributed by atoms with van der Waals surface area (Å²) in [6, 6.07) is 2.72. The van der Waals surface area contributed by atoms with Crippen molar-refractivity contribution in [3.63, 3.8) is 0 Å². The molecule has 1 N–H and O–H groups in total. The predicted octanol–water partition coefficient (Wildman–Crippen LogP) is 2.08. The van der Waals surface area contributed by atoms with Crippen molar-refractivity contribution in [1.29, 1.82) is 0 Å². The van der Waals surface area contributed by atoms with E-state index in [-0.39, 0.29) is 11.7 Å². The lowest BCUT2D eigenvalue weighted by molar-refractivity contribution is 0.0208. The minimum Gasteiger partial charge on any atom is -0.377 e.